The van der Waals surface area contributed by atoms with Crippen molar-refractivity contribution < 1.29 is 18.7 Å². The second kappa shape index (κ2) is 9.39. The van der Waals surface area contributed by atoms with Crippen LogP contribution in [0.15, 0.2) is 53.7 Å². The smallest absolute Gasteiger partial charge is 0.265 e. The topological polar surface area (TPSA) is 89.4 Å². The van der Waals surface area contributed by atoms with E-state index in [1.807, 2.05) is 42.7 Å². The second-order valence-electron chi connectivity index (χ2n) is 7.12. The van der Waals surface area contributed by atoms with Gasteiger partial charge in [-0.15, -0.1) is 10.2 Å². The first-order valence-corrected chi connectivity index (χ1v) is 11.1. The lowest BCUT2D eigenvalue weighted by molar-refractivity contribution is -0.121. The van der Waals surface area contributed by atoms with E-state index in [1.165, 1.54) is 36.0 Å². The van der Waals surface area contributed by atoms with E-state index in [9.17, 15) is 14.0 Å². The molecular weight excluding hydrogens is 433 g/mol. The van der Waals surface area contributed by atoms with Gasteiger partial charge < -0.3 is 14.6 Å². The molecule has 2 heterocycles. The maximum absolute atomic E-state index is 13.0. The molecule has 32 heavy (non-hydrogen) atoms. The summed E-state index contributed by atoms with van der Waals surface area (Å²) in [4.78, 5) is 26.6. The summed E-state index contributed by atoms with van der Waals surface area (Å²) in [6.45, 7) is 4.39. The van der Waals surface area contributed by atoms with Gasteiger partial charge in [0.2, 0.25) is 5.91 Å². The van der Waals surface area contributed by atoms with Gasteiger partial charge in [-0.25, -0.2) is 4.39 Å². The predicted octanol–water partition coefficient (Wildman–Crippen LogP) is 3.65. The van der Waals surface area contributed by atoms with E-state index in [0.717, 1.165) is 0 Å². The second-order valence-corrected chi connectivity index (χ2v) is 8.07. The predicted molar refractivity (Wildman–Crippen MR) is 119 cm³/mol. The third-order valence-corrected chi connectivity index (χ3v) is 5.99. The molecule has 0 spiro atoms. The van der Waals surface area contributed by atoms with Gasteiger partial charge in [0.15, 0.2) is 17.6 Å². The summed E-state index contributed by atoms with van der Waals surface area (Å²) in [5.74, 6) is 0.626. The largest absolute Gasteiger partial charge is 0.482 e. The average molecular weight is 456 g/mol. The Balaban J connectivity index is 1.49. The van der Waals surface area contributed by atoms with Crippen molar-refractivity contribution in [1.29, 1.82) is 0 Å². The molecular formula is C22H22FN5O3S. The number of carbonyl (C=O) groups excluding carboxylic acids is 2. The summed E-state index contributed by atoms with van der Waals surface area (Å²) in [6.07, 6.45) is 0. The van der Waals surface area contributed by atoms with Gasteiger partial charge in [0.1, 0.15) is 11.6 Å². The number of para-hydroxylation sites is 2. The zero-order chi connectivity index (χ0) is 22.7. The molecule has 0 aliphatic carbocycles. The molecule has 0 saturated heterocycles. The minimum atomic E-state index is -0.373. The number of nitrogens with one attached hydrogen (secondary N) is 1. The normalized spacial score (nSPS) is 14.0. The highest BCUT2D eigenvalue weighted by atomic mass is 32.2. The standard InChI is InChI=1S/C22H22FN5O3S/c1-3-27-21(14(2)28-17-6-4-5-7-18(17)31-12-20(28)30)25-26-22(27)32-13-19(29)24-16-10-8-15(23)9-11-16/h4-11,14H,3,12-13H2,1-2H3,(H,24,29)/t14-/m1/s1. The van der Waals surface area contributed by atoms with Crippen molar-refractivity contribution in [2.75, 3.05) is 22.6 Å². The van der Waals surface area contributed by atoms with Gasteiger partial charge in [0, 0.05) is 12.2 Å². The lowest BCUT2D eigenvalue weighted by Crippen LogP contribution is -2.41. The van der Waals surface area contributed by atoms with Crippen LogP contribution in [0.2, 0.25) is 0 Å². The number of aromatic nitrogens is 3. The van der Waals surface area contributed by atoms with Crippen molar-refractivity contribution in [3.63, 3.8) is 0 Å². The summed E-state index contributed by atoms with van der Waals surface area (Å²) in [7, 11) is 0. The van der Waals surface area contributed by atoms with Crippen LogP contribution in [0.1, 0.15) is 25.7 Å². The lowest BCUT2D eigenvalue weighted by atomic mass is 10.1. The third kappa shape index (κ3) is 4.45. The van der Waals surface area contributed by atoms with Gasteiger partial charge in [-0.1, -0.05) is 23.9 Å². The van der Waals surface area contributed by atoms with Crippen LogP contribution in [-0.2, 0) is 16.1 Å². The van der Waals surface area contributed by atoms with Crippen LogP contribution >= 0.6 is 11.8 Å². The Kier molecular flexibility index (Phi) is 6.40. The fraction of sp³-hybridized carbons (Fsp3) is 0.273. The number of fused-ring (bicyclic) bond motifs is 1. The summed E-state index contributed by atoms with van der Waals surface area (Å²) in [5.41, 5.74) is 1.21. The highest BCUT2D eigenvalue weighted by molar-refractivity contribution is 7.99. The fourth-order valence-electron chi connectivity index (χ4n) is 3.54. The number of hydrogen-bond acceptors (Lipinski definition) is 6. The number of anilines is 2. The van der Waals surface area contributed by atoms with Gasteiger partial charge in [-0.2, -0.15) is 0 Å². The highest BCUT2D eigenvalue weighted by Gasteiger charge is 2.33. The van der Waals surface area contributed by atoms with Crippen molar-refractivity contribution in [1.82, 2.24) is 14.8 Å². The molecule has 0 fully saturated rings. The first-order chi connectivity index (χ1) is 15.5. The molecule has 0 radical (unpaired) electrons. The lowest BCUT2D eigenvalue weighted by Gasteiger charge is -2.33. The van der Waals surface area contributed by atoms with Gasteiger partial charge in [0.05, 0.1) is 17.5 Å². The Labute approximate surface area is 188 Å². The number of hydrogen-bond donors (Lipinski definition) is 1. The number of thioether (sulfide) groups is 1. The van der Waals surface area contributed by atoms with Gasteiger partial charge in [-0.05, 0) is 50.2 Å². The molecule has 8 nitrogen and oxygen atoms in total. The summed E-state index contributed by atoms with van der Waals surface area (Å²) >= 11 is 1.25. The number of benzene rings is 2. The van der Waals surface area contributed by atoms with Crippen LogP contribution in [-0.4, -0.2) is 38.9 Å². The molecule has 1 aliphatic heterocycles. The molecule has 0 bridgehead atoms. The number of ether oxygens (including phenoxy) is 1. The number of nitrogens with zero attached hydrogens (tertiary/aromatic N) is 4. The van der Waals surface area contributed by atoms with Gasteiger partial charge in [-0.3, -0.25) is 14.5 Å². The van der Waals surface area contributed by atoms with E-state index >= 15 is 0 Å². The number of amides is 2. The van der Waals surface area contributed by atoms with Crippen molar-refractivity contribution in [2.24, 2.45) is 0 Å². The van der Waals surface area contributed by atoms with Gasteiger partial charge in [0.25, 0.3) is 5.91 Å². The Morgan fingerprint density at radius 1 is 1.22 bits per heavy atom. The monoisotopic (exact) mass is 455 g/mol. The first-order valence-electron chi connectivity index (χ1n) is 10.1. The number of rotatable bonds is 7. The van der Waals surface area contributed by atoms with Crippen LogP contribution in [0, 0.1) is 5.82 Å². The van der Waals surface area contributed by atoms with Crippen LogP contribution in [0.5, 0.6) is 5.75 Å². The first kappa shape index (κ1) is 21.8. The van der Waals surface area contributed by atoms with E-state index in [4.69, 9.17) is 4.74 Å². The highest BCUT2D eigenvalue weighted by Crippen LogP contribution is 2.37. The minimum Gasteiger partial charge on any atom is -0.482 e. The molecule has 2 aromatic carbocycles. The minimum absolute atomic E-state index is 0.0349. The summed E-state index contributed by atoms with van der Waals surface area (Å²) < 4.78 is 20.4. The van der Waals surface area contributed by atoms with E-state index in [2.05, 4.69) is 15.5 Å². The summed E-state index contributed by atoms with van der Waals surface area (Å²) in [6, 6.07) is 12.6. The van der Waals surface area contributed by atoms with Crippen LogP contribution in [0.4, 0.5) is 15.8 Å². The molecule has 166 valence electrons. The third-order valence-electron chi connectivity index (χ3n) is 5.03. The van der Waals surface area contributed by atoms with Crippen molar-refractivity contribution in [2.45, 2.75) is 31.6 Å². The molecule has 3 aromatic rings. The Hall–Kier alpha value is -3.40. The van der Waals surface area contributed by atoms with E-state index in [0.29, 0.717) is 34.6 Å². The summed E-state index contributed by atoms with van der Waals surface area (Å²) in [5, 5.41) is 11.9. The Bertz CT molecular complexity index is 1130. The molecule has 4 rings (SSSR count). The Morgan fingerprint density at radius 2 is 1.97 bits per heavy atom. The zero-order valence-corrected chi connectivity index (χ0v) is 18.4. The fourth-order valence-corrected chi connectivity index (χ4v) is 4.34. The SMILES string of the molecule is CCn1c(SCC(=O)Nc2ccc(F)cc2)nnc1[C@@H](C)N1C(=O)COc2ccccc21. The Morgan fingerprint density at radius 3 is 2.72 bits per heavy atom. The maximum atomic E-state index is 13.0. The molecule has 1 aliphatic rings. The maximum Gasteiger partial charge on any atom is 0.265 e. The molecule has 10 heteroatoms. The van der Waals surface area contributed by atoms with Crippen LogP contribution in [0.3, 0.4) is 0 Å². The number of carbonyl (C=O) groups is 2. The van der Waals surface area contributed by atoms with Gasteiger partial charge >= 0.3 is 0 Å². The molecule has 1 N–H and O–H groups in total. The molecule has 1 aromatic heterocycles. The van der Waals surface area contributed by atoms with E-state index in [1.54, 1.807) is 4.90 Å². The number of halogens is 1. The van der Waals surface area contributed by atoms with Crippen molar-refractivity contribution >= 4 is 35.0 Å². The van der Waals surface area contributed by atoms with E-state index < -0.39 is 0 Å². The molecule has 1 atom stereocenters. The van der Waals surface area contributed by atoms with Crippen LogP contribution in [0.25, 0.3) is 0 Å². The average Bonchev–Trinajstić information content (AvgIpc) is 3.22. The molecule has 2 amide bonds. The molecule has 0 saturated carbocycles. The van der Waals surface area contributed by atoms with Crippen LogP contribution < -0.4 is 15.0 Å². The van der Waals surface area contributed by atoms with Crippen molar-refractivity contribution in [3.8, 4) is 5.75 Å². The zero-order valence-electron chi connectivity index (χ0n) is 17.6. The van der Waals surface area contributed by atoms with E-state index in [-0.39, 0.29) is 36.0 Å². The molecule has 0 unspecified atom stereocenters. The van der Waals surface area contributed by atoms with Crippen molar-refractivity contribution in [3.05, 3.63) is 60.2 Å². The quantitative estimate of drug-likeness (QED) is 0.547.